The van der Waals surface area contributed by atoms with Crippen LogP contribution in [-0.4, -0.2) is 15.7 Å². The molecule has 2 rings (SSSR count). The summed E-state index contributed by atoms with van der Waals surface area (Å²) in [5, 5.41) is 3.51. The Morgan fingerprint density at radius 3 is 2.33 bits per heavy atom. The lowest BCUT2D eigenvalue weighted by molar-refractivity contribution is 0.0993. The molecule has 0 radical (unpaired) electrons. The van der Waals surface area contributed by atoms with Gasteiger partial charge < -0.3 is 5.73 Å². The predicted molar refractivity (Wildman–Crippen MR) is 58.3 cm³/mol. The maximum atomic E-state index is 13.5. The van der Waals surface area contributed by atoms with Gasteiger partial charge in [0.15, 0.2) is 11.6 Å². The molecule has 2 N–H and O–H groups in total. The molecule has 0 spiro atoms. The highest BCUT2D eigenvalue weighted by Crippen LogP contribution is 2.14. The molecule has 2 aromatic rings. The minimum atomic E-state index is -0.966. The second-order valence-corrected chi connectivity index (χ2v) is 3.40. The van der Waals surface area contributed by atoms with Crippen LogP contribution in [0.4, 0.5) is 8.78 Å². The van der Waals surface area contributed by atoms with Crippen LogP contribution in [-0.2, 0) is 0 Å². The summed E-state index contributed by atoms with van der Waals surface area (Å²) in [4.78, 5) is 22.4. The zero-order chi connectivity index (χ0) is 13.3. The molecule has 0 aliphatic carbocycles. The molecule has 0 saturated carbocycles. The van der Waals surface area contributed by atoms with Crippen LogP contribution in [0.2, 0.25) is 0 Å². The van der Waals surface area contributed by atoms with Gasteiger partial charge in [0.05, 0.1) is 0 Å². The summed E-state index contributed by atoms with van der Waals surface area (Å²) in [6, 6.07) is 5.14. The van der Waals surface area contributed by atoms with Crippen LogP contribution in [0.3, 0.4) is 0 Å². The molecule has 0 bridgehead atoms. The number of benzene rings is 1. The van der Waals surface area contributed by atoms with E-state index in [1.54, 1.807) is 0 Å². The summed E-state index contributed by atoms with van der Waals surface area (Å²) in [7, 11) is 0. The lowest BCUT2D eigenvalue weighted by Gasteiger charge is -2.07. The second kappa shape index (κ2) is 4.36. The molecule has 0 fully saturated rings. The van der Waals surface area contributed by atoms with E-state index in [1.165, 1.54) is 0 Å². The molecule has 1 aromatic heterocycles. The molecule has 0 unspecified atom stereocenters. The van der Waals surface area contributed by atoms with Crippen LogP contribution in [0.15, 0.2) is 35.1 Å². The average Bonchev–Trinajstić information content (AvgIpc) is 2.30. The number of primary amides is 1. The van der Waals surface area contributed by atoms with Gasteiger partial charge in [-0.15, -0.1) is 0 Å². The van der Waals surface area contributed by atoms with Crippen LogP contribution >= 0.6 is 0 Å². The number of nitrogens with two attached hydrogens (primary N) is 1. The third-order valence-electron chi connectivity index (χ3n) is 2.20. The largest absolute Gasteiger partial charge is 0.364 e. The Kier molecular flexibility index (Phi) is 2.88. The topological polar surface area (TPSA) is 78.0 Å². The Labute approximate surface area is 99.5 Å². The van der Waals surface area contributed by atoms with Crippen molar-refractivity contribution < 1.29 is 13.6 Å². The van der Waals surface area contributed by atoms with Gasteiger partial charge in [0.2, 0.25) is 0 Å². The molecule has 1 heterocycles. The van der Waals surface area contributed by atoms with Gasteiger partial charge in [-0.2, -0.15) is 9.78 Å². The Bertz CT molecular complexity index is 662. The first-order chi connectivity index (χ1) is 8.50. The van der Waals surface area contributed by atoms with Crippen molar-refractivity contribution >= 4 is 5.91 Å². The first-order valence-corrected chi connectivity index (χ1v) is 4.85. The summed E-state index contributed by atoms with van der Waals surface area (Å²) in [5.74, 6) is -2.84. The summed E-state index contributed by atoms with van der Waals surface area (Å²) in [6.07, 6.45) is 0. The Morgan fingerprint density at radius 2 is 1.78 bits per heavy atom. The van der Waals surface area contributed by atoms with E-state index in [0.29, 0.717) is 4.68 Å². The van der Waals surface area contributed by atoms with Crippen LogP contribution in [0.25, 0.3) is 5.69 Å². The standard InChI is InChI=1S/C11H7F2N3O2/c12-6-2-1-3-7(13)10(6)16-9(17)5-4-8(15-16)11(14)18/h1-5H,(H2,14,18). The highest BCUT2D eigenvalue weighted by atomic mass is 19.1. The van der Waals surface area contributed by atoms with Gasteiger partial charge in [-0.1, -0.05) is 6.07 Å². The van der Waals surface area contributed by atoms with Crippen molar-refractivity contribution in [1.82, 2.24) is 9.78 Å². The van der Waals surface area contributed by atoms with Gasteiger partial charge in [-0.05, 0) is 18.2 Å². The summed E-state index contributed by atoms with van der Waals surface area (Å²) >= 11 is 0. The molecule has 0 atom stereocenters. The number of nitrogens with zero attached hydrogens (tertiary/aromatic N) is 2. The fraction of sp³-hybridized carbons (Fsp3) is 0. The SMILES string of the molecule is NC(=O)c1ccc(=O)n(-c2c(F)cccc2F)n1. The van der Waals surface area contributed by atoms with Crippen molar-refractivity contribution in [2.75, 3.05) is 0 Å². The quantitative estimate of drug-likeness (QED) is 0.849. The lowest BCUT2D eigenvalue weighted by atomic mass is 10.3. The van der Waals surface area contributed by atoms with Crippen molar-refractivity contribution in [3.05, 3.63) is 58.0 Å². The van der Waals surface area contributed by atoms with E-state index in [9.17, 15) is 18.4 Å². The first kappa shape index (κ1) is 11.9. The van der Waals surface area contributed by atoms with Gasteiger partial charge in [-0.25, -0.2) is 8.78 Å². The van der Waals surface area contributed by atoms with Gasteiger partial charge in [-0.3, -0.25) is 9.59 Å². The van der Waals surface area contributed by atoms with Gasteiger partial charge in [0.25, 0.3) is 11.5 Å². The summed E-state index contributed by atoms with van der Waals surface area (Å²) < 4.78 is 27.4. The zero-order valence-electron chi connectivity index (χ0n) is 8.93. The lowest BCUT2D eigenvalue weighted by Crippen LogP contribution is -2.26. The number of rotatable bonds is 2. The van der Waals surface area contributed by atoms with Crippen molar-refractivity contribution in [3.8, 4) is 5.69 Å². The average molecular weight is 251 g/mol. The minimum Gasteiger partial charge on any atom is -0.364 e. The van der Waals surface area contributed by atoms with E-state index in [-0.39, 0.29) is 5.69 Å². The monoisotopic (exact) mass is 251 g/mol. The van der Waals surface area contributed by atoms with E-state index in [2.05, 4.69) is 5.10 Å². The predicted octanol–water partition coefficient (Wildman–Crippen LogP) is 0.610. The molecule has 1 amide bonds. The third kappa shape index (κ3) is 1.97. The summed E-state index contributed by atoms with van der Waals surface area (Å²) in [5.41, 5.74) is 3.29. The molecule has 92 valence electrons. The Balaban J connectivity index is 2.75. The maximum absolute atomic E-state index is 13.5. The number of carbonyl (C=O) groups is 1. The van der Waals surface area contributed by atoms with E-state index >= 15 is 0 Å². The molecule has 7 heteroatoms. The molecule has 0 aliphatic rings. The fourth-order valence-corrected chi connectivity index (χ4v) is 1.39. The highest BCUT2D eigenvalue weighted by Gasteiger charge is 2.14. The third-order valence-corrected chi connectivity index (χ3v) is 2.20. The molecule has 1 aromatic carbocycles. The number of amides is 1. The number of aromatic nitrogens is 2. The number of halogens is 2. The van der Waals surface area contributed by atoms with Gasteiger partial charge in [0, 0.05) is 6.07 Å². The van der Waals surface area contributed by atoms with E-state index in [0.717, 1.165) is 30.3 Å². The number of carbonyl (C=O) groups excluding carboxylic acids is 1. The van der Waals surface area contributed by atoms with Crippen LogP contribution < -0.4 is 11.3 Å². The van der Waals surface area contributed by atoms with E-state index in [1.807, 2.05) is 0 Å². The number of hydrogen-bond donors (Lipinski definition) is 1. The molecular weight excluding hydrogens is 244 g/mol. The smallest absolute Gasteiger partial charge is 0.271 e. The number of para-hydroxylation sites is 1. The van der Waals surface area contributed by atoms with Crippen molar-refractivity contribution in [3.63, 3.8) is 0 Å². The second-order valence-electron chi connectivity index (χ2n) is 3.40. The fourth-order valence-electron chi connectivity index (χ4n) is 1.39. The molecule has 18 heavy (non-hydrogen) atoms. The van der Waals surface area contributed by atoms with Gasteiger partial charge >= 0.3 is 0 Å². The maximum Gasteiger partial charge on any atom is 0.271 e. The minimum absolute atomic E-state index is 0.266. The van der Waals surface area contributed by atoms with Crippen LogP contribution in [0.5, 0.6) is 0 Å². The summed E-state index contributed by atoms with van der Waals surface area (Å²) in [6.45, 7) is 0. The van der Waals surface area contributed by atoms with Crippen molar-refractivity contribution in [2.24, 2.45) is 5.73 Å². The Morgan fingerprint density at radius 1 is 1.17 bits per heavy atom. The van der Waals surface area contributed by atoms with E-state index in [4.69, 9.17) is 5.73 Å². The van der Waals surface area contributed by atoms with Crippen LogP contribution in [0, 0.1) is 11.6 Å². The highest BCUT2D eigenvalue weighted by molar-refractivity contribution is 5.90. The molecular formula is C11H7F2N3O2. The van der Waals surface area contributed by atoms with Crippen LogP contribution in [0.1, 0.15) is 10.5 Å². The van der Waals surface area contributed by atoms with Crippen molar-refractivity contribution in [1.29, 1.82) is 0 Å². The molecule has 0 saturated heterocycles. The Hall–Kier alpha value is -2.57. The zero-order valence-corrected chi connectivity index (χ0v) is 8.93. The normalized spacial score (nSPS) is 10.3. The van der Waals surface area contributed by atoms with Crippen molar-refractivity contribution in [2.45, 2.75) is 0 Å². The first-order valence-electron chi connectivity index (χ1n) is 4.85. The molecule has 5 nitrogen and oxygen atoms in total. The molecule has 0 aliphatic heterocycles. The van der Waals surface area contributed by atoms with Gasteiger partial charge in [0.1, 0.15) is 11.4 Å². The number of hydrogen-bond acceptors (Lipinski definition) is 3. The van der Waals surface area contributed by atoms with E-state index < -0.39 is 28.8 Å².